The maximum atomic E-state index is 12.9. The number of allylic oxidation sites excluding steroid dienone is 2. The van der Waals surface area contributed by atoms with Gasteiger partial charge in [0.2, 0.25) is 5.91 Å². The summed E-state index contributed by atoms with van der Waals surface area (Å²) in [6, 6.07) is 9.78. The van der Waals surface area contributed by atoms with Crippen LogP contribution in [0.5, 0.6) is 0 Å². The summed E-state index contributed by atoms with van der Waals surface area (Å²) in [7, 11) is 0. The standard InChI is InChI=1S/C37H55N3O12/c1-2-38-35(42)19-11-4-3-10-18-31-32(34(28-33(31)41)52-37(44)21-13-7-15-27-50-40(47)48)25-24-30(23-22-29-16-8-5-9-17-29)51-36(43)20-12-6-14-26-49-39(45)46/h3,5,8-10,16-17,24-25,30-34,41H,2,4,6-7,11-15,18-23,26-28H2,1H3,(H,38,42)/b10-3-,25-24+/t30-,31+,32+,33-,34+/m0/s1. The molecule has 0 radical (unpaired) electrons. The molecular weight excluding hydrogens is 678 g/mol. The molecule has 0 aromatic heterocycles. The molecule has 1 aromatic rings. The smallest absolute Gasteiger partial charge is 0.306 e. The Hall–Kier alpha value is -4.53. The number of unbranched alkanes of at least 4 members (excludes halogenated alkanes) is 5. The van der Waals surface area contributed by atoms with Gasteiger partial charge in [-0.05, 0) is 82.3 Å². The van der Waals surface area contributed by atoms with Crippen LogP contribution in [0.25, 0.3) is 0 Å². The van der Waals surface area contributed by atoms with Crippen LogP contribution in [0.1, 0.15) is 102 Å². The predicted molar refractivity (Wildman–Crippen MR) is 190 cm³/mol. The summed E-state index contributed by atoms with van der Waals surface area (Å²) in [5, 5.41) is 32.9. The van der Waals surface area contributed by atoms with E-state index in [0.29, 0.717) is 83.6 Å². The second kappa shape index (κ2) is 26.3. The van der Waals surface area contributed by atoms with E-state index in [1.54, 1.807) is 0 Å². The van der Waals surface area contributed by atoms with E-state index in [-0.39, 0.29) is 50.2 Å². The number of carbonyl (C=O) groups is 3. The lowest BCUT2D eigenvalue weighted by molar-refractivity contribution is -0.757. The zero-order valence-electron chi connectivity index (χ0n) is 30.1. The molecule has 5 atom stereocenters. The highest BCUT2D eigenvalue weighted by atomic mass is 17.0. The summed E-state index contributed by atoms with van der Waals surface area (Å²) >= 11 is 0. The van der Waals surface area contributed by atoms with E-state index in [0.717, 1.165) is 5.56 Å². The van der Waals surface area contributed by atoms with Gasteiger partial charge in [0.15, 0.2) is 0 Å². The van der Waals surface area contributed by atoms with Crippen molar-refractivity contribution in [3.8, 4) is 0 Å². The molecule has 290 valence electrons. The summed E-state index contributed by atoms with van der Waals surface area (Å²) in [5.74, 6) is -1.47. The van der Waals surface area contributed by atoms with Crippen LogP contribution < -0.4 is 5.32 Å². The third-order valence-electron chi connectivity index (χ3n) is 8.73. The van der Waals surface area contributed by atoms with Crippen molar-refractivity contribution in [1.29, 1.82) is 0 Å². The van der Waals surface area contributed by atoms with Crippen LogP contribution in [0.3, 0.4) is 0 Å². The molecule has 2 rings (SSSR count). The lowest BCUT2D eigenvalue weighted by atomic mass is 9.89. The van der Waals surface area contributed by atoms with Gasteiger partial charge in [-0.1, -0.05) is 61.4 Å². The number of benzene rings is 1. The molecule has 52 heavy (non-hydrogen) atoms. The fraction of sp³-hybridized carbons (Fsp3) is 0.649. The largest absolute Gasteiger partial charge is 0.462 e. The molecular formula is C37H55N3O12. The average Bonchev–Trinajstić information content (AvgIpc) is 3.39. The van der Waals surface area contributed by atoms with Gasteiger partial charge in [0.1, 0.15) is 12.2 Å². The summed E-state index contributed by atoms with van der Waals surface area (Å²) in [5.41, 5.74) is 1.07. The van der Waals surface area contributed by atoms with E-state index in [9.17, 15) is 39.7 Å². The number of aliphatic hydroxyl groups is 1. The Labute approximate surface area is 305 Å². The molecule has 15 nitrogen and oxygen atoms in total. The topological polar surface area (TPSA) is 207 Å². The van der Waals surface area contributed by atoms with Crippen molar-refractivity contribution in [2.24, 2.45) is 11.8 Å². The molecule has 0 unspecified atom stereocenters. The van der Waals surface area contributed by atoms with Gasteiger partial charge in [-0.2, -0.15) is 0 Å². The molecule has 1 amide bonds. The number of esters is 2. The summed E-state index contributed by atoms with van der Waals surface area (Å²) < 4.78 is 11.8. The van der Waals surface area contributed by atoms with Gasteiger partial charge in [-0.25, -0.2) is 0 Å². The first-order valence-electron chi connectivity index (χ1n) is 18.3. The second-order valence-corrected chi connectivity index (χ2v) is 12.8. The van der Waals surface area contributed by atoms with Gasteiger partial charge in [-0.3, -0.25) is 14.4 Å². The normalized spacial score (nSPS) is 19.0. The number of nitrogens with zero attached hydrogens (tertiary/aromatic N) is 2. The molecule has 1 saturated carbocycles. The maximum absolute atomic E-state index is 12.9. The van der Waals surface area contributed by atoms with E-state index in [1.165, 1.54) is 0 Å². The third kappa shape index (κ3) is 19.8. The first-order valence-corrected chi connectivity index (χ1v) is 18.3. The van der Waals surface area contributed by atoms with Crippen molar-refractivity contribution in [3.05, 3.63) is 80.4 Å². The predicted octanol–water partition coefficient (Wildman–Crippen LogP) is 5.79. The van der Waals surface area contributed by atoms with E-state index in [4.69, 9.17) is 9.47 Å². The van der Waals surface area contributed by atoms with Gasteiger partial charge in [-0.15, -0.1) is 20.2 Å². The Morgan fingerprint density at radius 2 is 1.56 bits per heavy atom. The number of nitrogens with one attached hydrogen (secondary N) is 1. The highest BCUT2D eigenvalue weighted by molar-refractivity contribution is 5.75. The van der Waals surface area contributed by atoms with Gasteiger partial charge in [0, 0.05) is 38.1 Å². The third-order valence-corrected chi connectivity index (χ3v) is 8.73. The summed E-state index contributed by atoms with van der Waals surface area (Å²) in [6.07, 6.45) is 12.6. The van der Waals surface area contributed by atoms with Crippen LogP contribution in [0.15, 0.2) is 54.6 Å². The number of hydrogen-bond acceptors (Lipinski definition) is 12. The van der Waals surface area contributed by atoms with Gasteiger partial charge in [0.05, 0.1) is 19.3 Å². The minimum absolute atomic E-state index is 0.00619. The molecule has 2 N–H and O–H groups in total. The molecule has 0 saturated heterocycles. The Kier molecular flexibility index (Phi) is 22.0. The molecule has 1 aromatic carbocycles. The first-order chi connectivity index (χ1) is 25.1. The van der Waals surface area contributed by atoms with Gasteiger partial charge >= 0.3 is 11.9 Å². The number of ether oxygens (including phenoxy) is 2. The van der Waals surface area contributed by atoms with E-state index in [2.05, 4.69) is 15.0 Å². The number of amides is 1. The van der Waals surface area contributed by atoms with E-state index >= 15 is 0 Å². The molecule has 1 fully saturated rings. The Morgan fingerprint density at radius 1 is 0.904 bits per heavy atom. The van der Waals surface area contributed by atoms with Crippen LogP contribution in [0.2, 0.25) is 0 Å². The van der Waals surface area contributed by atoms with Crippen molar-refractivity contribution < 1.29 is 48.8 Å². The van der Waals surface area contributed by atoms with Crippen molar-refractivity contribution >= 4 is 17.8 Å². The SMILES string of the molecule is CCNC(=O)CCC/C=C\C[C@@H]1[C@@H](/C=C/[C@H](CCc2ccccc2)OC(=O)CCCCCO[N+](=O)[O-])[C@H](OC(=O)CCCCCO[N+](=O)[O-])C[C@@H]1O. The average molecular weight is 734 g/mol. The highest BCUT2D eigenvalue weighted by Gasteiger charge is 2.42. The molecule has 0 aliphatic heterocycles. The molecule has 1 aliphatic rings. The maximum Gasteiger partial charge on any atom is 0.306 e. The van der Waals surface area contributed by atoms with Crippen LogP contribution in [0.4, 0.5) is 0 Å². The number of rotatable bonds is 28. The van der Waals surface area contributed by atoms with Gasteiger partial charge < -0.3 is 29.6 Å². The first kappa shape index (κ1) is 43.6. The number of hydrogen-bond donors (Lipinski definition) is 2. The van der Waals surface area contributed by atoms with Crippen LogP contribution in [0, 0.1) is 32.1 Å². The number of aliphatic hydroxyl groups excluding tert-OH is 1. The summed E-state index contributed by atoms with van der Waals surface area (Å²) in [4.78, 5) is 66.8. The molecule has 15 heteroatoms. The zero-order chi connectivity index (χ0) is 38.0. The second-order valence-electron chi connectivity index (χ2n) is 12.8. The van der Waals surface area contributed by atoms with E-state index < -0.39 is 40.4 Å². The van der Waals surface area contributed by atoms with Crippen LogP contribution in [-0.4, -0.2) is 71.2 Å². The Balaban J connectivity index is 2.12. The minimum Gasteiger partial charge on any atom is -0.462 e. The zero-order valence-corrected chi connectivity index (χ0v) is 30.1. The van der Waals surface area contributed by atoms with Crippen molar-refractivity contribution in [2.75, 3.05) is 19.8 Å². The lowest BCUT2D eigenvalue weighted by Gasteiger charge is -2.23. The number of carbonyl (C=O) groups excluding carboxylic acids is 3. The molecule has 0 bridgehead atoms. The van der Waals surface area contributed by atoms with Gasteiger partial charge in [0.25, 0.3) is 10.2 Å². The Bertz CT molecular complexity index is 1280. The molecule has 1 aliphatic carbocycles. The van der Waals surface area contributed by atoms with Crippen molar-refractivity contribution in [1.82, 2.24) is 5.32 Å². The highest BCUT2D eigenvalue weighted by Crippen LogP contribution is 2.38. The van der Waals surface area contributed by atoms with E-state index in [1.807, 2.05) is 61.6 Å². The summed E-state index contributed by atoms with van der Waals surface area (Å²) in [6.45, 7) is 2.38. The Morgan fingerprint density at radius 3 is 2.19 bits per heavy atom. The quantitative estimate of drug-likeness (QED) is 0.0345. The molecule has 0 spiro atoms. The lowest BCUT2D eigenvalue weighted by Crippen LogP contribution is -2.25. The van der Waals surface area contributed by atoms with Crippen LogP contribution >= 0.6 is 0 Å². The van der Waals surface area contributed by atoms with Crippen LogP contribution in [-0.2, 0) is 40.0 Å². The molecule has 0 heterocycles. The minimum atomic E-state index is -0.848. The van der Waals surface area contributed by atoms with Crippen molar-refractivity contribution in [2.45, 2.75) is 122 Å². The number of aryl methyl sites for hydroxylation is 1. The monoisotopic (exact) mass is 733 g/mol. The van der Waals surface area contributed by atoms with Crippen molar-refractivity contribution in [3.63, 3.8) is 0 Å². The fourth-order valence-corrected chi connectivity index (χ4v) is 6.08. The fourth-order valence-electron chi connectivity index (χ4n) is 6.08.